The molecule has 7 heteroatoms. The van der Waals surface area contributed by atoms with Gasteiger partial charge in [0.2, 0.25) is 0 Å². The van der Waals surface area contributed by atoms with Crippen LogP contribution in [0.15, 0.2) is 12.1 Å². The Morgan fingerprint density at radius 3 is 2.87 bits per heavy atom. The van der Waals surface area contributed by atoms with Gasteiger partial charge in [0.05, 0.1) is 11.0 Å². The maximum atomic E-state index is 12.9. The molecule has 6 nitrogen and oxygen atoms in total. The predicted octanol–water partition coefficient (Wildman–Crippen LogP) is 1.42. The number of nitro benzene ring substituents is 1. The minimum absolute atomic E-state index is 0.0244. The molecule has 0 aliphatic heterocycles. The minimum Gasteiger partial charge on any atom is -0.296 e. The smallest absolute Gasteiger partial charge is 0.284 e. The lowest BCUT2D eigenvalue weighted by Crippen LogP contribution is -1.92. The molecule has 0 aliphatic carbocycles. The van der Waals surface area contributed by atoms with Gasteiger partial charge < -0.3 is 0 Å². The van der Waals surface area contributed by atoms with Crippen LogP contribution in [-0.2, 0) is 0 Å². The summed E-state index contributed by atoms with van der Waals surface area (Å²) >= 11 is 0. The van der Waals surface area contributed by atoms with Gasteiger partial charge in [-0.25, -0.2) is 4.39 Å². The summed E-state index contributed by atoms with van der Waals surface area (Å²) in [6.07, 6.45) is 0.403. The van der Waals surface area contributed by atoms with E-state index >= 15 is 0 Å². The molecule has 15 heavy (non-hydrogen) atoms. The molecule has 0 fully saturated rings. The maximum Gasteiger partial charge on any atom is 0.284 e. The molecule has 0 radical (unpaired) electrons. The second kappa shape index (κ2) is 3.12. The summed E-state index contributed by atoms with van der Waals surface area (Å²) in [6, 6.07) is 1.77. The standard InChI is InChI=1S/C8H4FN3O3/c9-4-1-5-8(6(3-13)11-10-5)7(2-4)12(14)15/h1-3H,(H,10,11). The summed E-state index contributed by atoms with van der Waals surface area (Å²) < 4.78 is 12.9. The van der Waals surface area contributed by atoms with Gasteiger partial charge in [-0.3, -0.25) is 20.0 Å². The van der Waals surface area contributed by atoms with Gasteiger partial charge in [-0.15, -0.1) is 0 Å². The molecule has 0 saturated carbocycles. The molecule has 0 amide bonds. The molecule has 0 spiro atoms. The van der Waals surface area contributed by atoms with Gasteiger partial charge in [-0.1, -0.05) is 0 Å². The molecule has 1 N–H and O–H groups in total. The highest BCUT2D eigenvalue weighted by molar-refractivity contribution is 6.00. The number of carbonyl (C=O) groups excluding carboxylic acids is 1. The van der Waals surface area contributed by atoms with Crippen LogP contribution in [0.4, 0.5) is 10.1 Å². The van der Waals surface area contributed by atoms with E-state index in [-0.39, 0.29) is 16.6 Å². The average Bonchev–Trinajstić information content (AvgIpc) is 2.58. The lowest BCUT2D eigenvalue weighted by molar-refractivity contribution is -0.383. The third kappa shape index (κ3) is 1.33. The number of nitrogens with zero attached hydrogens (tertiary/aromatic N) is 2. The third-order valence-electron chi connectivity index (χ3n) is 1.94. The first-order valence-electron chi connectivity index (χ1n) is 3.90. The summed E-state index contributed by atoms with van der Waals surface area (Å²) in [4.78, 5) is 20.4. The monoisotopic (exact) mass is 209 g/mol. The molecule has 0 saturated heterocycles. The highest BCUT2D eigenvalue weighted by Gasteiger charge is 2.19. The Hall–Kier alpha value is -2.31. The number of nitrogens with one attached hydrogen (secondary N) is 1. The van der Waals surface area contributed by atoms with Crippen LogP contribution in [0.3, 0.4) is 0 Å². The van der Waals surface area contributed by atoms with Gasteiger partial charge in [0, 0.05) is 6.07 Å². The number of benzene rings is 1. The molecule has 1 aromatic carbocycles. The highest BCUT2D eigenvalue weighted by atomic mass is 19.1. The number of halogens is 1. The second-order valence-corrected chi connectivity index (χ2v) is 2.83. The van der Waals surface area contributed by atoms with Crippen molar-refractivity contribution in [1.29, 1.82) is 0 Å². The molecular weight excluding hydrogens is 205 g/mol. The largest absolute Gasteiger partial charge is 0.296 e. The van der Waals surface area contributed by atoms with E-state index in [1.54, 1.807) is 0 Å². The minimum atomic E-state index is -0.766. The number of aromatic nitrogens is 2. The van der Waals surface area contributed by atoms with Gasteiger partial charge in [0.25, 0.3) is 5.69 Å². The number of non-ortho nitro benzene ring substituents is 1. The topological polar surface area (TPSA) is 88.9 Å². The summed E-state index contributed by atoms with van der Waals surface area (Å²) in [7, 11) is 0. The lowest BCUT2D eigenvalue weighted by atomic mass is 10.2. The Bertz CT molecular complexity index is 564. The SMILES string of the molecule is O=Cc1[nH]nc2cc(F)cc([N+](=O)[O-])c12. The van der Waals surface area contributed by atoms with Crippen molar-refractivity contribution in [1.82, 2.24) is 10.2 Å². The zero-order valence-corrected chi connectivity index (χ0v) is 7.23. The first-order valence-corrected chi connectivity index (χ1v) is 3.90. The summed E-state index contributed by atoms with van der Waals surface area (Å²) in [5.41, 5.74) is -0.443. The number of hydrogen-bond acceptors (Lipinski definition) is 4. The van der Waals surface area contributed by atoms with E-state index in [1.807, 2.05) is 0 Å². The molecule has 0 atom stereocenters. The van der Waals surface area contributed by atoms with Crippen molar-refractivity contribution >= 4 is 22.9 Å². The number of nitro groups is 1. The van der Waals surface area contributed by atoms with E-state index in [0.29, 0.717) is 6.29 Å². The lowest BCUT2D eigenvalue weighted by Gasteiger charge is -1.94. The number of hydrogen-bond donors (Lipinski definition) is 1. The average molecular weight is 209 g/mol. The fraction of sp³-hybridized carbons (Fsp3) is 0. The van der Waals surface area contributed by atoms with Crippen molar-refractivity contribution in [2.24, 2.45) is 0 Å². The van der Waals surface area contributed by atoms with Crippen LogP contribution in [0.1, 0.15) is 10.5 Å². The third-order valence-corrected chi connectivity index (χ3v) is 1.94. The Balaban J connectivity index is 2.91. The quantitative estimate of drug-likeness (QED) is 0.460. The predicted molar refractivity (Wildman–Crippen MR) is 48.1 cm³/mol. The molecule has 0 unspecified atom stereocenters. The van der Waals surface area contributed by atoms with Crippen molar-refractivity contribution in [3.05, 3.63) is 33.8 Å². The van der Waals surface area contributed by atoms with Gasteiger partial charge >= 0.3 is 0 Å². The molecule has 1 aromatic heterocycles. The molecule has 0 aliphatic rings. The van der Waals surface area contributed by atoms with Gasteiger partial charge in [-0.2, -0.15) is 5.10 Å². The Morgan fingerprint density at radius 2 is 2.27 bits per heavy atom. The van der Waals surface area contributed by atoms with Crippen LogP contribution in [0.2, 0.25) is 0 Å². The van der Waals surface area contributed by atoms with E-state index in [1.165, 1.54) is 0 Å². The van der Waals surface area contributed by atoms with Crippen LogP contribution in [0.25, 0.3) is 10.9 Å². The van der Waals surface area contributed by atoms with E-state index < -0.39 is 16.4 Å². The number of fused-ring (bicyclic) bond motifs is 1. The summed E-state index contributed by atoms with van der Waals surface area (Å²) in [6.45, 7) is 0. The van der Waals surface area contributed by atoms with Crippen LogP contribution in [0.5, 0.6) is 0 Å². The van der Waals surface area contributed by atoms with Crippen LogP contribution < -0.4 is 0 Å². The first kappa shape index (κ1) is 9.25. The highest BCUT2D eigenvalue weighted by Crippen LogP contribution is 2.27. The Labute approximate surface area is 81.9 Å². The van der Waals surface area contributed by atoms with Crippen molar-refractivity contribution in [3.63, 3.8) is 0 Å². The first-order chi connectivity index (χ1) is 7.13. The van der Waals surface area contributed by atoms with Crippen molar-refractivity contribution in [3.8, 4) is 0 Å². The van der Waals surface area contributed by atoms with Crippen LogP contribution in [-0.4, -0.2) is 21.4 Å². The Morgan fingerprint density at radius 1 is 1.53 bits per heavy atom. The fourth-order valence-electron chi connectivity index (χ4n) is 1.35. The number of aromatic amines is 1. The van der Waals surface area contributed by atoms with Crippen molar-refractivity contribution in [2.45, 2.75) is 0 Å². The zero-order chi connectivity index (χ0) is 11.0. The van der Waals surface area contributed by atoms with Gasteiger partial charge in [0.15, 0.2) is 6.29 Å². The van der Waals surface area contributed by atoms with Crippen LogP contribution >= 0.6 is 0 Å². The second-order valence-electron chi connectivity index (χ2n) is 2.83. The van der Waals surface area contributed by atoms with E-state index in [0.717, 1.165) is 12.1 Å². The van der Waals surface area contributed by atoms with Gasteiger partial charge in [-0.05, 0) is 0 Å². The number of rotatable bonds is 2. The molecular formula is C8H4FN3O3. The molecule has 0 bridgehead atoms. The van der Waals surface area contributed by atoms with Crippen molar-refractivity contribution in [2.75, 3.05) is 0 Å². The fourth-order valence-corrected chi connectivity index (χ4v) is 1.35. The van der Waals surface area contributed by atoms with E-state index in [4.69, 9.17) is 0 Å². The number of carbonyl (C=O) groups is 1. The maximum absolute atomic E-state index is 12.9. The van der Waals surface area contributed by atoms with E-state index in [2.05, 4.69) is 10.2 Å². The zero-order valence-electron chi connectivity index (χ0n) is 7.23. The number of H-pyrrole nitrogens is 1. The van der Waals surface area contributed by atoms with Gasteiger partial charge in [0.1, 0.15) is 22.4 Å². The molecule has 76 valence electrons. The molecule has 2 aromatic rings. The normalized spacial score (nSPS) is 10.5. The molecule has 1 heterocycles. The summed E-state index contributed by atoms with van der Waals surface area (Å²) in [5, 5.41) is 16.5. The van der Waals surface area contributed by atoms with E-state index in [9.17, 15) is 19.3 Å². The van der Waals surface area contributed by atoms with Crippen molar-refractivity contribution < 1.29 is 14.1 Å². The number of aldehydes is 1. The molecule has 2 rings (SSSR count). The Kier molecular flexibility index (Phi) is 1.93. The van der Waals surface area contributed by atoms with Crippen LogP contribution in [0, 0.1) is 15.9 Å². The summed E-state index contributed by atoms with van der Waals surface area (Å²) in [5.74, 6) is -0.766.